The van der Waals surface area contributed by atoms with Crippen LogP contribution in [0.1, 0.15) is 45.4 Å². The number of hydrogen-bond donors (Lipinski definition) is 1. The van der Waals surface area contributed by atoms with Gasteiger partial charge in [0.15, 0.2) is 0 Å². The third kappa shape index (κ3) is 3.94. The molecule has 18 heavy (non-hydrogen) atoms. The average molecular weight is 254 g/mol. The van der Waals surface area contributed by atoms with Crippen molar-refractivity contribution >= 4 is 0 Å². The van der Waals surface area contributed by atoms with Crippen molar-refractivity contribution in [3.8, 4) is 0 Å². The molecule has 2 aliphatic rings. The Kier molecular flexibility index (Phi) is 5.93. The van der Waals surface area contributed by atoms with E-state index in [2.05, 4.69) is 17.1 Å². The van der Waals surface area contributed by atoms with Gasteiger partial charge in [-0.05, 0) is 45.1 Å². The SMILES string of the molecule is COCCN(CC1CCCN1)C(C)C1CCCC1. The first-order chi connectivity index (χ1) is 8.81. The van der Waals surface area contributed by atoms with Crippen LogP contribution in [0.4, 0.5) is 0 Å². The van der Waals surface area contributed by atoms with Crippen LogP contribution in [0.15, 0.2) is 0 Å². The molecule has 2 fully saturated rings. The number of hydrogen-bond acceptors (Lipinski definition) is 3. The normalized spacial score (nSPS) is 27.2. The second-order valence-corrected chi connectivity index (χ2v) is 6.07. The summed E-state index contributed by atoms with van der Waals surface area (Å²) in [5, 5.41) is 3.63. The summed E-state index contributed by atoms with van der Waals surface area (Å²) in [5.74, 6) is 0.920. The van der Waals surface area contributed by atoms with Crippen LogP contribution in [0.5, 0.6) is 0 Å². The lowest BCUT2D eigenvalue weighted by molar-refractivity contribution is 0.0945. The van der Waals surface area contributed by atoms with E-state index in [1.54, 1.807) is 0 Å². The fourth-order valence-electron chi connectivity index (χ4n) is 3.60. The summed E-state index contributed by atoms with van der Waals surface area (Å²) in [7, 11) is 1.81. The van der Waals surface area contributed by atoms with E-state index in [1.807, 2.05) is 7.11 Å². The van der Waals surface area contributed by atoms with Crippen molar-refractivity contribution < 1.29 is 4.74 Å². The smallest absolute Gasteiger partial charge is 0.0589 e. The topological polar surface area (TPSA) is 24.5 Å². The number of ether oxygens (including phenoxy) is 1. The van der Waals surface area contributed by atoms with Gasteiger partial charge in [-0.2, -0.15) is 0 Å². The molecule has 1 heterocycles. The van der Waals surface area contributed by atoms with E-state index in [0.717, 1.165) is 25.1 Å². The second-order valence-electron chi connectivity index (χ2n) is 6.07. The molecule has 1 aliphatic heterocycles. The van der Waals surface area contributed by atoms with Gasteiger partial charge in [-0.25, -0.2) is 0 Å². The van der Waals surface area contributed by atoms with Crippen molar-refractivity contribution in [3.63, 3.8) is 0 Å². The maximum Gasteiger partial charge on any atom is 0.0589 e. The van der Waals surface area contributed by atoms with Gasteiger partial charge < -0.3 is 10.1 Å². The van der Waals surface area contributed by atoms with Crippen molar-refractivity contribution in [1.82, 2.24) is 10.2 Å². The summed E-state index contributed by atoms with van der Waals surface area (Å²) in [6.45, 7) is 6.80. The lowest BCUT2D eigenvalue weighted by Crippen LogP contribution is -2.46. The van der Waals surface area contributed by atoms with Crippen LogP contribution in [0.3, 0.4) is 0 Å². The third-order valence-corrected chi connectivity index (χ3v) is 4.86. The minimum atomic E-state index is 0.714. The lowest BCUT2D eigenvalue weighted by atomic mass is 9.97. The highest BCUT2D eigenvalue weighted by Gasteiger charge is 2.28. The molecule has 1 aliphatic carbocycles. The van der Waals surface area contributed by atoms with Gasteiger partial charge >= 0.3 is 0 Å². The quantitative estimate of drug-likeness (QED) is 0.754. The Labute approximate surface area is 112 Å². The Morgan fingerprint density at radius 2 is 2.00 bits per heavy atom. The van der Waals surface area contributed by atoms with Crippen molar-refractivity contribution in [3.05, 3.63) is 0 Å². The van der Waals surface area contributed by atoms with Gasteiger partial charge in [0, 0.05) is 32.3 Å². The highest BCUT2D eigenvalue weighted by molar-refractivity contribution is 4.84. The zero-order valence-electron chi connectivity index (χ0n) is 12.2. The van der Waals surface area contributed by atoms with Crippen molar-refractivity contribution in [2.75, 3.05) is 33.4 Å². The Morgan fingerprint density at radius 3 is 2.61 bits per heavy atom. The van der Waals surface area contributed by atoms with Gasteiger partial charge in [0.25, 0.3) is 0 Å². The summed E-state index contributed by atoms with van der Waals surface area (Å²) in [4.78, 5) is 2.67. The minimum Gasteiger partial charge on any atom is -0.383 e. The summed E-state index contributed by atoms with van der Waals surface area (Å²) in [5.41, 5.74) is 0. The van der Waals surface area contributed by atoms with Gasteiger partial charge in [0.2, 0.25) is 0 Å². The van der Waals surface area contributed by atoms with Crippen LogP contribution in [-0.4, -0.2) is 50.3 Å². The molecule has 3 nitrogen and oxygen atoms in total. The predicted octanol–water partition coefficient (Wildman–Crippen LogP) is 2.27. The Bertz CT molecular complexity index is 223. The van der Waals surface area contributed by atoms with Gasteiger partial charge in [0.05, 0.1) is 6.61 Å². The Hall–Kier alpha value is -0.120. The molecule has 2 unspecified atom stereocenters. The first-order valence-electron chi connectivity index (χ1n) is 7.77. The average Bonchev–Trinajstić information content (AvgIpc) is 3.06. The van der Waals surface area contributed by atoms with Gasteiger partial charge in [-0.1, -0.05) is 12.8 Å². The molecule has 2 atom stereocenters. The van der Waals surface area contributed by atoms with E-state index in [9.17, 15) is 0 Å². The standard InChI is InChI=1S/C15H30N2O/c1-13(14-6-3-4-7-14)17(10-11-18-2)12-15-8-5-9-16-15/h13-16H,3-12H2,1-2H3. The number of nitrogens with zero attached hydrogens (tertiary/aromatic N) is 1. The number of methoxy groups -OCH3 is 1. The Morgan fingerprint density at radius 1 is 1.22 bits per heavy atom. The number of nitrogens with one attached hydrogen (secondary N) is 1. The Balaban J connectivity index is 1.85. The van der Waals surface area contributed by atoms with Crippen molar-refractivity contribution in [2.24, 2.45) is 5.92 Å². The molecule has 106 valence electrons. The predicted molar refractivity (Wildman–Crippen MR) is 75.9 cm³/mol. The summed E-state index contributed by atoms with van der Waals surface area (Å²) in [6, 6.07) is 1.44. The van der Waals surface area contributed by atoms with E-state index >= 15 is 0 Å². The molecular weight excluding hydrogens is 224 g/mol. The molecule has 0 bridgehead atoms. The van der Waals surface area contributed by atoms with Crippen LogP contribution >= 0.6 is 0 Å². The largest absolute Gasteiger partial charge is 0.383 e. The molecule has 1 saturated carbocycles. The number of rotatable bonds is 7. The molecule has 0 aromatic carbocycles. The molecule has 0 aromatic rings. The maximum absolute atomic E-state index is 5.29. The summed E-state index contributed by atoms with van der Waals surface area (Å²) >= 11 is 0. The second kappa shape index (κ2) is 7.46. The van der Waals surface area contributed by atoms with E-state index < -0.39 is 0 Å². The summed E-state index contributed by atoms with van der Waals surface area (Å²) < 4.78 is 5.29. The van der Waals surface area contributed by atoms with E-state index in [0.29, 0.717) is 6.04 Å². The molecule has 1 N–H and O–H groups in total. The van der Waals surface area contributed by atoms with Gasteiger partial charge in [-0.15, -0.1) is 0 Å². The van der Waals surface area contributed by atoms with Gasteiger partial charge in [0.1, 0.15) is 0 Å². The van der Waals surface area contributed by atoms with Crippen LogP contribution in [0.2, 0.25) is 0 Å². The first kappa shape index (κ1) is 14.3. The zero-order chi connectivity index (χ0) is 12.8. The highest BCUT2D eigenvalue weighted by atomic mass is 16.5. The van der Waals surface area contributed by atoms with Crippen molar-refractivity contribution in [1.29, 1.82) is 0 Å². The van der Waals surface area contributed by atoms with Crippen LogP contribution in [-0.2, 0) is 4.74 Å². The summed E-state index contributed by atoms with van der Waals surface area (Å²) in [6.07, 6.45) is 8.44. The third-order valence-electron chi connectivity index (χ3n) is 4.86. The molecule has 2 rings (SSSR count). The molecule has 0 aromatic heterocycles. The molecule has 0 radical (unpaired) electrons. The van der Waals surface area contributed by atoms with Crippen LogP contribution in [0.25, 0.3) is 0 Å². The fraction of sp³-hybridized carbons (Fsp3) is 1.00. The van der Waals surface area contributed by atoms with E-state index in [4.69, 9.17) is 4.74 Å². The van der Waals surface area contributed by atoms with Crippen LogP contribution in [0, 0.1) is 5.92 Å². The van der Waals surface area contributed by atoms with Gasteiger partial charge in [-0.3, -0.25) is 4.90 Å². The lowest BCUT2D eigenvalue weighted by Gasteiger charge is -2.34. The maximum atomic E-state index is 5.29. The van der Waals surface area contributed by atoms with Crippen molar-refractivity contribution in [2.45, 2.75) is 57.5 Å². The molecule has 3 heteroatoms. The van der Waals surface area contributed by atoms with Crippen LogP contribution < -0.4 is 5.32 Å². The molecule has 0 spiro atoms. The molecular formula is C15H30N2O. The zero-order valence-corrected chi connectivity index (χ0v) is 12.2. The molecule has 1 saturated heterocycles. The minimum absolute atomic E-state index is 0.714. The highest BCUT2D eigenvalue weighted by Crippen LogP contribution is 2.30. The van der Waals surface area contributed by atoms with E-state index in [-0.39, 0.29) is 0 Å². The molecule has 0 amide bonds. The van der Waals surface area contributed by atoms with E-state index in [1.165, 1.54) is 51.6 Å². The fourth-order valence-corrected chi connectivity index (χ4v) is 3.60. The monoisotopic (exact) mass is 254 g/mol. The first-order valence-corrected chi connectivity index (χ1v) is 7.77.